The first-order chi connectivity index (χ1) is 13.7. The monoisotopic (exact) mass is 399 g/mol. The van der Waals surface area contributed by atoms with Crippen molar-refractivity contribution >= 4 is 22.4 Å². The predicted molar refractivity (Wildman–Crippen MR) is 108 cm³/mol. The van der Waals surface area contributed by atoms with Crippen LogP contribution in [0.1, 0.15) is 10.4 Å². The first-order valence-electron chi connectivity index (χ1n) is 8.59. The highest BCUT2D eigenvalue weighted by atomic mass is 32.1. The van der Waals surface area contributed by atoms with Gasteiger partial charge in [0.1, 0.15) is 16.5 Å². The maximum absolute atomic E-state index is 13.2. The second kappa shape index (κ2) is 9.29. The quantitative estimate of drug-likeness (QED) is 0.577. The molecule has 0 fully saturated rings. The van der Waals surface area contributed by atoms with Crippen molar-refractivity contribution in [3.8, 4) is 22.1 Å². The fraction of sp³-hybridized carbons (Fsp3) is 0.250. The standard InChI is InChI=1S/C20H21N3O4S/c1-25-13-12-23(19(24)16-6-4-5-7-17(16)27-3)20-22-21-18(28-20)14-8-10-15(26-2)11-9-14/h4-11H,12-13H2,1-3H3. The Hall–Kier alpha value is -2.97. The first kappa shape index (κ1) is 19.8. The fourth-order valence-corrected chi connectivity index (χ4v) is 3.48. The smallest absolute Gasteiger partial charge is 0.263 e. The Morgan fingerprint density at radius 2 is 1.75 bits per heavy atom. The van der Waals surface area contributed by atoms with Crippen LogP contribution in [-0.4, -0.2) is 50.6 Å². The number of nitrogens with zero attached hydrogens (tertiary/aromatic N) is 3. The van der Waals surface area contributed by atoms with E-state index >= 15 is 0 Å². The largest absolute Gasteiger partial charge is 0.497 e. The molecule has 0 radical (unpaired) electrons. The summed E-state index contributed by atoms with van der Waals surface area (Å²) in [6.07, 6.45) is 0. The lowest BCUT2D eigenvalue weighted by atomic mass is 10.2. The number of carbonyl (C=O) groups excluding carboxylic acids is 1. The van der Waals surface area contributed by atoms with Crippen LogP contribution in [0.4, 0.5) is 5.13 Å². The molecule has 0 aliphatic carbocycles. The molecule has 1 amide bonds. The molecule has 2 aromatic carbocycles. The molecule has 0 atom stereocenters. The molecule has 0 aliphatic heterocycles. The number of para-hydroxylation sites is 1. The van der Waals surface area contributed by atoms with E-state index in [0.29, 0.717) is 34.6 Å². The third-order valence-corrected chi connectivity index (χ3v) is 5.08. The van der Waals surface area contributed by atoms with Crippen LogP contribution in [-0.2, 0) is 4.74 Å². The summed E-state index contributed by atoms with van der Waals surface area (Å²) in [5, 5.41) is 9.70. The average molecular weight is 399 g/mol. The van der Waals surface area contributed by atoms with E-state index in [2.05, 4.69) is 10.2 Å². The van der Waals surface area contributed by atoms with E-state index < -0.39 is 0 Å². The molecule has 0 aliphatic rings. The van der Waals surface area contributed by atoms with Gasteiger partial charge in [-0.15, -0.1) is 10.2 Å². The van der Waals surface area contributed by atoms with Gasteiger partial charge in [-0.1, -0.05) is 23.5 Å². The van der Waals surface area contributed by atoms with Crippen LogP contribution in [0.5, 0.6) is 11.5 Å². The van der Waals surface area contributed by atoms with E-state index in [0.717, 1.165) is 11.3 Å². The molecule has 3 rings (SSSR count). The van der Waals surface area contributed by atoms with Crippen molar-refractivity contribution in [3.05, 3.63) is 54.1 Å². The molecule has 3 aromatic rings. The van der Waals surface area contributed by atoms with Crippen LogP contribution in [0.3, 0.4) is 0 Å². The number of amides is 1. The van der Waals surface area contributed by atoms with Crippen LogP contribution in [0.15, 0.2) is 48.5 Å². The van der Waals surface area contributed by atoms with Crippen LogP contribution in [0.2, 0.25) is 0 Å². The number of methoxy groups -OCH3 is 3. The zero-order chi connectivity index (χ0) is 19.9. The number of rotatable bonds is 8. The second-order valence-electron chi connectivity index (χ2n) is 5.77. The highest BCUT2D eigenvalue weighted by Gasteiger charge is 2.24. The lowest BCUT2D eigenvalue weighted by molar-refractivity contribution is 0.0973. The number of ether oxygens (including phenoxy) is 3. The van der Waals surface area contributed by atoms with Gasteiger partial charge in [-0.3, -0.25) is 9.69 Å². The van der Waals surface area contributed by atoms with Crippen LogP contribution in [0.25, 0.3) is 10.6 Å². The van der Waals surface area contributed by atoms with Gasteiger partial charge in [0.25, 0.3) is 5.91 Å². The van der Waals surface area contributed by atoms with Crippen molar-refractivity contribution in [1.82, 2.24) is 10.2 Å². The van der Waals surface area contributed by atoms with Gasteiger partial charge in [-0.25, -0.2) is 0 Å². The molecule has 0 saturated heterocycles. The molecule has 0 spiro atoms. The lowest BCUT2D eigenvalue weighted by Gasteiger charge is -2.20. The Labute approximate surface area is 167 Å². The normalized spacial score (nSPS) is 10.5. The van der Waals surface area contributed by atoms with Crippen molar-refractivity contribution < 1.29 is 19.0 Å². The van der Waals surface area contributed by atoms with E-state index in [4.69, 9.17) is 14.2 Å². The van der Waals surface area contributed by atoms with E-state index in [-0.39, 0.29) is 5.91 Å². The number of aromatic nitrogens is 2. The Kier molecular flexibility index (Phi) is 6.57. The van der Waals surface area contributed by atoms with Gasteiger partial charge in [0.15, 0.2) is 0 Å². The molecular formula is C20H21N3O4S. The molecule has 0 N–H and O–H groups in total. The van der Waals surface area contributed by atoms with Gasteiger partial charge < -0.3 is 14.2 Å². The summed E-state index contributed by atoms with van der Waals surface area (Å²) in [6.45, 7) is 0.725. The summed E-state index contributed by atoms with van der Waals surface area (Å²) < 4.78 is 15.7. The third kappa shape index (κ3) is 4.29. The molecule has 0 bridgehead atoms. The summed E-state index contributed by atoms with van der Waals surface area (Å²) in [4.78, 5) is 14.7. The van der Waals surface area contributed by atoms with Gasteiger partial charge in [-0.05, 0) is 36.4 Å². The molecule has 146 valence electrons. The number of benzene rings is 2. The van der Waals surface area contributed by atoms with E-state index in [1.165, 1.54) is 11.3 Å². The summed E-state index contributed by atoms with van der Waals surface area (Å²) in [5.41, 5.74) is 1.36. The van der Waals surface area contributed by atoms with Crippen LogP contribution >= 0.6 is 11.3 Å². The number of hydrogen-bond donors (Lipinski definition) is 0. The summed E-state index contributed by atoms with van der Waals surface area (Å²) in [7, 11) is 4.75. The topological polar surface area (TPSA) is 73.8 Å². The Morgan fingerprint density at radius 1 is 1.00 bits per heavy atom. The number of carbonyl (C=O) groups is 1. The molecule has 7 nitrogen and oxygen atoms in total. The highest BCUT2D eigenvalue weighted by Crippen LogP contribution is 2.31. The summed E-state index contributed by atoms with van der Waals surface area (Å²) >= 11 is 1.34. The average Bonchev–Trinajstić information content (AvgIpc) is 3.23. The van der Waals surface area contributed by atoms with Crippen molar-refractivity contribution in [1.29, 1.82) is 0 Å². The molecule has 1 heterocycles. The molecular weight excluding hydrogens is 378 g/mol. The molecule has 28 heavy (non-hydrogen) atoms. The van der Waals surface area contributed by atoms with Gasteiger partial charge in [0, 0.05) is 12.7 Å². The van der Waals surface area contributed by atoms with E-state index in [1.54, 1.807) is 44.4 Å². The van der Waals surface area contributed by atoms with E-state index in [1.807, 2.05) is 30.3 Å². The first-order valence-corrected chi connectivity index (χ1v) is 9.41. The SMILES string of the molecule is COCCN(C(=O)c1ccccc1OC)c1nnc(-c2ccc(OC)cc2)s1. The maximum atomic E-state index is 13.2. The Bertz CT molecular complexity index is 927. The van der Waals surface area contributed by atoms with Crippen molar-refractivity contribution in [2.75, 3.05) is 39.4 Å². The van der Waals surface area contributed by atoms with Gasteiger partial charge in [-0.2, -0.15) is 0 Å². The maximum Gasteiger partial charge on any atom is 0.263 e. The zero-order valence-electron chi connectivity index (χ0n) is 15.9. The molecule has 0 saturated carbocycles. The third-order valence-electron chi connectivity index (χ3n) is 4.08. The molecule has 8 heteroatoms. The van der Waals surface area contributed by atoms with Crippen molar-refractivity contribution in [2.45, 2.75) is 0 Å². The van der Waals surface area contributed by atoms with Gasteiger partial charge in [0.05, 0.1) is 32.9 Å². The van der Waals surface area contributed by atoms with Gasteiger partial charge in [0.2, 0.25) is 5.13 Å². The zero-order valence-corrected chi connectivity index (χ0v) is 16.7. The van der Waals surface area contributed by atoms with Crippen molar-refractivity contribution in [2.24, 2.45) is 0 Å². The fourth-order valence-electron chi connectivity index (χ4n) is 2.61. The van der Waals surface area contributed by atoms with Crippen LogP contribution < -0.4 is 14.4 Å². The Morgan fingerprint density at radius 3 is 2.43 bits per heavy atom. The predicted octanol–water partition coefficient (Wildman–Crippen LogP) is 3.52. The molecule has 1 aromatic heterocycles. The van der Waals surface area contributed by atoms with E-state index in [9.17, 15) is 4.79 Å². The Balaban J connectivity index is 1.91. The lowest BCUT2D eigenvalue weighted by Crippen LogP contribution is -2.34. The second-order valence-corrected chi connectivity index (χ2v) is 6.72. The minimum Gasteiger partial charge on any atom is -0.497 e. The highest BCUT2D eigenvalue weighted by molar-refractivity contribution is 7.18. The molecule has 0 unspecified atom stereocenters. The summed E-state index contributed by atoms with van der Waals surface area (Å²) in [5.74, 6) is 1.06. The minimum absolute atomic E-state index is 0.216. The minimum atomic E-state index is -0.216. The van der Waals surface area contributed by atoms with Crippen molar-refractivity contribution in [3.63, 3.8) is 0 Å². The summed E-state index contributed by atoms with van der Waals surface area (Å²) in [6, 6.07) is 14.6. The van der Waals surface area contributed by atoms with Gasteiger partial charge >= 0.3 is 0 Å². The number of hydrogen-bond acceptors (Lipinski definition) is 7. The van der Waals surface area contributed by atoms with Crippen LogP contribution in [0, 0.1) is 0 Å². The number of anilines is 1.